The first-order valence-electron chi connectivity index (χ1n) is 8.59. The van der Waals surface area contributed by atoms with Crippen LogP contribution in [0, 0.1) is 0 Å². The molecule has 3 heterocycles. The van der Waals surface area contributed by atoms with Crippen LogP contribution in [0.4, 0.5) is 0 Å². The minimum atomic E-state index is 0.378. The monoisotopic (exact) mass is 318 g/mol. The Morgan fingerprint density at radius 3 is 3.00 bits per heavy atom. The zero-order chi connectivity index (χ0) is 16.2. The van der Waals surface area contributed by atoms with Crippen molar-refractivity contribution < 1.29 is 0 Å². The highest BCUT2D eigenvalue weighted by atomic mass is 15.5. The third-order valence-electron chi connectivity index (χ3n) is 4.27. The number of unbranched alkanes of at least 4 members (excludes halogenated alkanes) is 1. The molecule has 0 fully saturated rings. The smallest absolute Gasteiger partial charge is 0.165 e. The van der Waals surface area contributed by atoms with Gasteiger partial charge in [-0.2, -0.15) is 5.10 Å². The molecule has 1 N–H and O–H groups in total. The molecule has 1 atom stereocenters. The number of nitrogens with one attached hydrogen (secondary N) is 1. The molecule has 0 saturated heterocycles. The molecular formula is C15H26N8. The maximum atomic E-state index is 4.63. The van der Waals surface area contributed by atoms with Gasteiger partial charge in [0.05, 0.1) is 13.1 Å². The predicted molar refractivity (Wildman–Crippen MR) is 85.8 cm³/mol. The molecule has 0 amide bonds. The van der Waals surface area contributed by atoms with Gasteiger partial charge in [0.2, 0.25) is 0 Å². The average Bonchev–Trinajstić information content (AvgIpc) is 3.16. The normalized spacial score (nSPS) is 17.7. The molecule has 0 aliphatic carbocycles. The number of aryl methyl sites for hydroxylation is 2. The highest BCUT2D eigenvalue weighted by Crippen LogP contribution is 2.17. The maximum Gasteiger partial charge on any atom is 0.165 e. The minimum Gasteiger partial charge on any atom is -0.305 e. The summed E-state index contributed by atoms with van der Waals surface area (Å²) in [7, 11) is 0. The highest BCUT2D eigenvalue weighted by molar-refractivity contribution is 5.01. The molecule has 1 aliphatic rings. The number of aromatic nitrogens is 7. The molecule has 0 spiro atoms. The molecule has 1 aliphatic heterocycles. The van der Waals surface area contributed by atoms with E-state index < -0.39 is 0 Å². The molecule has 0 bridgehead atoms. The second-order valence-electron chi connectivity index (χ2n) is 6.51. The Balaban J connectivity index is 1.56. The molecule has 0 radical (unpaired) electrons. The first kappa shape index (κ1) is 16.0. The van der Waals surface area contributed by atoms with Crippen molar-refractivity contribution in [2.75, 3.05) is 0 Å². The van der Waals surface area contributed by atoms with Crippen molar-refractivity contribution in [3.63, 3.8) is 0 Å². The van der Waals surface area contributed by atoms with Gasteiger partial charge in [-0.05, 0) is 23.3 Å². The molecule has 126 valence electrons. The number of nitrogens with zero attached hydrogens (tertiary/aromatic N) is 7. The minimum absolute atomic E-state index is 0.378. The van der Waals surface area contributed by atoms with Crippen LogP contribution in [0.1, 0.15) is 63.4 Å². The highest BCUT2D eigenvalue weighted by Gasteiger charge is 2.22. The van der Waals surface area contributed by atoms with Gasteiger partial charge < -0.3 is 5.32 Å². The van der Waals surface area contributed by atoms with Crippen LogP contribution in [-0.2, 0) is 26.1 Å². The average molecular weight is 318 g/mol. The molecule has 2 aromatic heterocycles. The van der Waals surface area contributed by atoms with Crippen molar-refractivity contribution in [2.24, 2.45) is 0 Å². The van der Waals surface area contributed by atoms with Crippen molar-refractivity contribution in [3.05, 3.63) is 17.5 Å². The van der Waals surface area contributed by atoms with Crippen LogP contribution < -0.4 is 5.32 Å². The zero-order valence-corrected chi connectivity index (χ0v) is 14.2. The van der Waals surface area contributed by atoms with Gasteiger partial charge >= 0.3 is 0 Å². The fourth-order valence-electron chi connectivity index (χ4n) is 2.81. The van der Waals surface area contributed by atoms with Gasteiger partial charge in [0.1, 0.15) is 5.82 Å². The molecule has 8 nitrogen and oxygen atoms in total. The van der Waals surface area contributed by atoms with E-state index in [1.165, 1.54) is 0 Å². The summed E-state index contributed by atoms with van der Waals surface area (Å²) in [6.45, 7) is 8.88. The Labute approximate surface area is 136 Å². The maximum absolute atomic E-state index is 4.63. The lowest BCUT2D eigenvalue weighted by Gasteiger charge is -2.23. The number of hydrogen-bond acceptors (Lipinski definition) is 6. The van der Waals surface area contributed by atoms with E-state index in [0.29, 0.717) is 18.5 Å². The summed E-state index contributed by atoms with van der Waals surface area (Å²) in [6, 6.07) is 0.389. The van der Waals surface area contributed by atoms with Crippen LogP contribution in [-0.4, -0.2) is 41.0 Å². The summed E-state index contributed by atoms with van der Waals surface area (Å²) < 4.78 is 3.95. The third kappa shape index (κ3) is 3.74. The Morgan fingerprint density at radius 2 is 2.22 bits per heavy atom. The SMILES string of the molecule is CCCCn1nnnc1CN[C@H]1CCc2nc(C(C)C)nn2C1. The largest absolute Gasteiger partial charge is 0.305 e. The first-order valence-corrected chi connectivity index (χ1v) is 8.59. The van der Waals surface area contributed by atoms with Crippen molar-refractivity contribution in [1.29, 1.82) is 0 Å². The van der Waals surface area contributed by atoms with Gasteiger partial charge in [0, 0.05) is 24.9 Å². The molecule has 0 unspecified atom stereocenters. The summed E-state index contributed by atoms with van der Waals surface area (Å²) >= 11 is 0. The van der Waals surface area contributed by atoms with Gasteiger partial charge in [-0.3, -0.25) is 0 Å². The van der Waals surface area contributed by atoms with Gasteiger partial charge in [0.15, 0.2) is 11.6 Å². The van der Waals surface area contributed by atoms with Crippen molar-refractivity contribution in [2.45, 2.75) is 78.0 Å². The van der Waals surface area contributed by atoms with Crippen LogP contribution >= 0.6 is 0 Å². The molecule has 8 heteroatoms. The van der Waals surface area contributed by atoms with Crippen LogP contribution in [0.15, 0.2) is 0 Å². The summed E-state index contributed by atoms with van der Waals surface area (Å²) in [5, 5.41) is 20.2. The van der Waals surface area contributed by atoms with Gasteiger partial charge in [-0.25, -0.2) is 14.3 Å². The van der Waals surface area contributed by atoms with Gasteiger partial charge in [-0.15, -0.1) is 5.10 Å². The topological polar surface area (TPSA) is 86.3 Å². The molecule has 0 saturated carbocycles. The van der Waals surface area contributed by atoms with E-state index in [1.807, 2.05) is 4.68 Å². The van der Waals surface area contributed by atoms with Gasteiger partial charge in [0.25, 0.3) is 0 Å². The lowest BCUT2D eigenvalue weighted by atomic mass is 10.1. The molecule has 0 aromatic carbocycles. The standard InChI is InChI=1S/C15H26N8/c1-4-5-8-22-14(18-20-21-22)9-16-12-6-7-13-17-15(11(2)3)19-23(13)10-12/h11-12,16H,4-10H2,1-3H3/t12-/m0/s1. The van der Waals surface area contributed by atoms with Gasteiger partial charge in [-0.1, -0.05) is 27.2 Å². The Hall–Kier alpha value is -1.83. The molecule has 23 heavy (non-hydrogen) atoms. The molecule has 2 aromatic rings. The van der Waals surface area contributed by atoms with E-state index in [2.05, 4.69) is 56.4 Å². The van der Waals surface area contributed by atoms with E-state index in [4.69, 9.17) is 0 Å². The molecular weight excluding hydrogens is 292 g/mol. The van der Waals surface area contributed by atoms with E-state index in [-0.39, 0.29) is 0 Å². The summed E-state index contributed by atoms with van der Waals surface area (Å²) in [4.78, 5) is 4.63. The quantitative estimate of drug-likeness (QED) is 0.828. The van der Waals surface area contributed by atoms with Crippen LogP contribution in [0.2, 0.25) is 0 Å². The van der Waals surface area contributed by atoms with E-state index in [9.17, 15) is 0 Å². The lowest BCUT2D eigenvalue weighted by molar-refractivity contribution is 0.350. The third-order valence-corrected chi connectivity index (χ3v) is 4.27. The summed E-state index contributed by atoms with van der Waals surface area (Å²) in [5.74, 6) is 3.34. The zero-order valence-electron chi connectivity index (χ0n) is 14.2. The van der Waals surface area contributed by atoms with Crippen molar-refractivity contribution in [3.8, 4) is 0 Å². The van der Waals surface area contributed by atoms with Crippen molar-refractivity contribution >= 4 is 0 Å². The number of fused-ring (bicyclic) bond motifs is 1. The van der Waals surface area contributed by atoms with E-state index in [1.54, 1.807) is 0 Å². The second-order valence-corrected chi connectivity index (χ2v) is 6.51. The van der Waals surface area contributed by atoms with E-state index in [0.717, 1.165) is 56.2 Å². The molecule has 3 rings (SSSR count). The van der Waals surface area contributed by atoms with E-state index >= 15 is 0 Å². The summed E-state index contributed by atoms with van der Waals surface area (Å²) in [5.41, 5.74) is 0. The Kier molecular flexibility index (Phi) is 5.00. The second kappa shape index (κ2) is 7.16. The first-order chi connectivity index (χ1) is 11.2. The fourth-order valence-corrected chi connectivity index (χ4v) is 2.81. The number of hydrogen-bond donors (Lipinski definition) is 1. The van der Waals surface area contributed by atoms with Crippen molar-refractivity contribution in [1.82, 2.24) is 40.3 Å². The van der Waals surface area contributed by atoms with Crippen LogP contribution in [0.3, 0.4) is 0 Å². The number of rotatable bonds is 7. The summed E-state index contributed by atoms with van der Waals surface area (Å²) in [6.07, 6.45) is 4.29. The Morgan fingerprint density at radius 1 is 1.35 bits per heavy atom. The van der Waals surface area contributed by atoms with Crippen LogP contribution in [0.5, 0.6) is 0 Å². The predicted octanol–water partition coefficient (Wildman–Crippen LogP) is 1.29. The lowest BCUT2D eigenvalue weighted by Crippen LogP contribution is -2.38. The van der Waals surface area contributed by atoms with Crippen LogP contribution in [0.25, 0.3) is 0 Å². The number of tetrazole rings is 1. The Bertz CT molecular complexity index is 629. The fraction of sp³-hybridized carbons (Fsp3) is 0.800.